The fraction of sp³-hybridized carbons (Fsp3) is 0.209. The maximum atomic E-state index is 11.5. The molecule has 0 saturated carbocycles. The van der Waals surface area contributed by atoms with Gasteiger partial charge in [-0.15, -0.1) is 24.0 Å². The van der Waals surface area contributed by atoms with Crippen LogP contribution < -0.4 is 19.5 Å². The fourth-order valence-electron chi connectivity index (χ4n) is 5.74. The highest BCUT2D eigenvalue weighted by molar-refractivity contribution is 7.94. The molecule has 0 fully saturated rings. The van der Waals surface area contributed by atoms with E-state index in [2.05, 4.69) is 50.4 Å². The number of rotatable bonds is 24. The maximum Gasteiger partial charge on any atom is 0.159 e. The number of anilines is 1. The molecular weight excluding hydrogens is 903 g/mol. The van der Waals surface area contributed by atoms with Crippen LogP contribution in [0.5, 0.6) is 23.0 Å². The smallest absolute Gasteiger partial charge is 0.159 e. The predicted molar refractivity (Wildman–Crippen MR) is 241 cm³/mol. The number of ether oxygens (including phenoxy) is 3. The monoisotopic (exact) mass is 945 g/mol. The number of benzene rings is 6. The van der Waals surface area contributed by atoms with Crippen LogP contribution in [0, 0.1) is 13.8 Å². The van der Waals surface area contributed by atoms with Crippen molar-refractivity contribution in [3.05, 3.63) is 114 Å². The number of para-hydroxylation sites is 1. The summed E-state index contributed by atoms with van der Waals surface area (Å²) in [5.74, 6) is 0.645. The van der Waals surface area contributed by atoms with Gasteiger partial charge in [0.05, 0.1) is 59.3 Å². The van der Waals surface area contributed by atoms with Crippen LogP contribution >= 0.6 is 24.1 Å². The summed E-state index contributed by atoms with van der Waals surface area (Å²) < 4.78 is 26.6. The largest absolute Gasteiger partial charge is 0.505 e. The Hall–Kier alpha value is -6.32. The van der Waals surface area contributed by atoms with E-state index in [0.717, 1.165) is 12.0 Å². The fourth-order valence-corrected chi connectivity index (χ4v) is 6.60. The van der Waals surface area contributed by atoms with E-state index in [0.29, 0.717) is 67.3 Å². The van der Waals surface area contributed by atoms with Gasteiger partial charge in [-0.3, -0.25) is 0 Å². The van der Waals surface area contributed by atoms with E-state index in [1.165, 1.54) is 6.07 Å². The Bertz CT molecular complexity index is 2630. The first-order chi connectivity index (χ1) is 32.1. The van der Waals surface area contributed by atoms with Crippen LogP contribution in [0.3, 0.4) is 0 Å². The Morgan fingerprint density at radius 2 is 1.18 bits per heavy atom. The average Bonchev–Trinajstić information content (AvgIpc) is 3.33. The summed E-state index contributed by atoms with van der Waals surface area (Å²) in [6, 6.07) is 29.1. The van der Waals surface area contributed by atoms with Crippen molar-refractivity contribution >= 4 is 74.7 Å². The topological polar surface area (TPSA) is 292 Å². The van der Waals surface area contributed by atoms with Gasteiger partial charge in [-0.05, 0) is 103 Å². The zero-order valence-electron chi connectivity index (χ0n) is 35.0. The lowest BCUT2D eigenvalue weighted by Crippen LogP contribution is -2.21. The highest BCUT2D eigenvalue weighted by Gasteiger charge is 2.18. The number of nitrogens with one attached hydrogen (secondary N) is 1. The van der Waals surface area contributed by atoms with Gasteiger partial charge in [-0.2, -0.15) is 15.3 Å². The SMILES string of the molecule is Cc1cc(N=Nc2cc(OCC(O)CO)c(N=Nc3c(SOOO)cc4cc(NCOc5ccccc5)ccc4c3O)cc2C)c(OCC(O)CO)cc1N=Nc1ccc(SOOO)cc1. The first-order valence-corrected chi connectivity index (χ1v) is 21.1. The van der Waals surface area contributed by atoms with E-state index < -0.39 is 25.4 Å². The number of hydrogen-bond donors (Lipinski definition) is 8. The number of hydrogen-bond acceptors (Lipinski definition) is 23. The van der Waals surface area contributed by atoms with E-state index in [1.807, 2.05) is 30.3 Å². The first kappa shape index (κ1) is 49.1. The molecule has 0 spiro atoms. The molecule has 6 rings (SSSR count). The normalized spacial score (nSPS) is 12.7. The summed E-state index contributed by atoms with van der Waals surface area (Å²) in [7, 11) is 0. The van der Waals surface area contributed by atoms with E-state index in [4.69, 9.17) is 29.1 Å². The van der Waals surface area contributed by atoms with Gasteiger partial charge in [-0.25, -0.2) is 10.5 Å². The number of aliphatic hydroxyl groups is 4. The van der Waals surface area contributed by atoms with E-state index >= 15 is 0 Å². The maximum absolute atomic E-state index is 11.5. The van der Waals surface area contributed by atoms with Gasteiger partial charge in [0, 0.05) is 28.1 Å². The van der Waals surface area contributed by atoms with E-state index in [-0.39, 0.29) is 59.2 Å². The van der Waals surface area contributed by atoms with Crippen LogP contribution in [0.4, 0.5) is 39.8 Å². The lowest BCUT2D eigenvalue weighted by Gasteiger charge is -2.14. The summed E-state index contributed by atoms with van der Waals surface area (Å²) in [5.41, 5.74) is 3.38. The Labute approximate surface area is 384 Å². The van der Waals surface area contributed by atoms with E-state index in [9.17, 15) is 25.5 Å². The number of nitrogens with zero attached hydrogens (tertiary/aromatic N) is 6. The zero-order valence-corrected chi connectivity index (χ0v) is 36.6. The Morgan fingerprint density at radius 1 is 0.606 bits per heavy atom. The van der Waals surface area contributed by atoms with Crippen LogP contribution in [0.15, 0.2) is 144 Å². The Balaban J connectivity index is 1.30. The minimum absolute atomic E-state index is 0.0467. The van der Waals surface area contributed by atoms with Gasteiger partial charge in [0.1, 0.15) is 59.7 Å². The molecule has 0 aromatic heterocycles. The third-order valence-electron chi connectivity index (χ3n) is 9.10. The molecule has 8 N–H and O–H groups in total. The third kappa shape index (κ3) is 13.8. The molecule has 0 aliphatic heterocycles. The van der Waals surface area contributed by atoms with Crippen molar-refractivity contribution in [1.29, 1.82) is 0 Å². The van der Waals surface area contributed by atoms with Crippen molar-refractivity contribution in [1.82, 2.24) is 0 Å². The number of phenols is 1. The number of aromatic hydroxyl groups is 1. The first-order valence-electron chi connectivity index (χ1n) is 19.6. The molecule has 0 aliphatic carbocycles. The summed E-state index contributed by atoms with van der Waals surface area (Å²) in [5, 5.41) is 106. The van der Waals surface area contributed by atoms with Crippen molar-refractivity contribution in [2.75, 3.05) is 38.5 Å². The molecule has 2 unspecified atom stereocenters. The number of azo groups is 3. The highest BCUT2D eigenvalue weighted by Crippen LogP contribution is 2.46. The summed E-state index contributed by atoms with van der Waals surface area (Å²) in [4.78, 5) is 0.839. The molecule has 0 amide bonds. The molecular formula is C43H43N7O14S2. The Morgan fingerprint density at radius 3 is 1.79 bits per heavy atom. The third-order valence-corrected chi connectivity index (χ3v) is 10.3. The van der Waals surface area contributed by atoms with E-state index in [1.54, 1.807) is 80.6 Å². The van der Waals surface area contributed by atoms with Crippen molar-refractivity contribution < 1.29 is 69.0 Å². The molecule has 2 atom stereocenters. The molecule has 0 aliphatic rings. The standard InChI is InChI=1S/C43H43N7O14S2/c1-25-14-37(39(58-22-30(53)20-51)18-35(25)46-45-28-8-11-33(12-9-28)65-63-61-56)48-47-36-19-40(59-23-31(54)21-52)38(15-26(36)2)49-50-42-41(66-64-62-57)17-27-16-29(10-13-34(27)43(42)55)44-24-60-32-6-4-3-5-7-32/h3-19,30-31,44,51-57H,20-24H2,1-2H3. The van der Waals surface area contributed by atoms with Crippen molar-refractivity contribution in [3.63, 3.8) is 0 Å². The van der Waals surface area contributed by atoms with Crippen molar-refractivity contribution in [2.24, 2.45) is 30.7 Å². The second-order valence-corrected chi connectivity index (χ2v) is 15.4. The van der Waals surface area contributed by atoms with Gasteiger partial charge in [0.15, 0.2) is 12.5 Å². The lowest BCUT2D eigenvalue weighted by molar-refractivity contribution is -0.432. The van der Waals surface area contributed by atoms with Crippen LogP contribution in [0.2, 0.25) is 0 Å². The second-order valence-electron chi connectivity index (χ2n) is 13.8. The number of fused-ring (bicyclic) bond motifs is 1. The van der Waals surface area contributed by atoms with Gasteiger partial charge >= 0.3 is 0 Å². The second kappa shape index (κ2) is 24.8. The quantitative estimate of drug-likeness (QED) is 0.00920. The molecule has 0 bridgehead atoms. The lowest BCUT2D eigenvalue weighted by atomic mass is 10.1. The van der Waals surface area contributed by atoms with Crippen molar-refractivity contribution in [2.45, 2.75) is 35.8 Å². The minimum atomic E-state index is -1.25. The van der Waals surface area contributed by atoms with Gasteiger partial charge in [-0.1, -0.05) is 28.3 Å². The zero-order chi connectivity index (χ0) is 46.8. The molecule has 66 heavy (non-hydrogen) atoms. The average molecular weight is 946 g/mol. The molecule has 0 radical (unpaired) electrons. The molecule has 6 aromatic rings. The van der Waals surface area contributed by atoms with Crippen LogP contribution in [0.25, 0.3) is 10.8 Å². The molecule has 0 heterocycles. The minimum Gasteiger partial charge on any atom is -0.505 e. The van der Waals surface area contributed by atoms with Crippen LogP contribution in [-0.4, -0.2) is 81.4 Å². The molecule has 23 heteroatoms. The molecule has 6 aromatic carbocycles. The predicted octanol–water partition coefficient (Wildman–Crippen LogP) is 10.2. The highest BCUT2D eigenvalue weighted by atomic mass is 32.2. The van der Waals surface area contributed by atoms with Crippen LogP contribution in [-0.2, 0) is 18.7 Å². The summed E-state index contributed by atoms with van der Waals surface area (Å²) in [6.45, 7) is 1.90. The summed E-state index contributed by atoms with van der Waals surface area (Å²) >= 11 is 1.36. The number of aliphatic hydroxyl groups excluding tert-OH is 4. The molecule has 0 saturated heterocycles. The Kier molecular flexibility index (Phi) is 18.5. The van der Waals surface area contributed by atoms with Gasteiger partial charge < -0.3 is 45.1 Å². The van der Waals surface area contributed by atoms with Crippen molar-refractivity contribution in [3.8, 4) is 23.0 Å². The summed E-state index contributed by atoms with van der Waals surface area (Å²) in [6.07, 6.45) is -2.44. The van der Waals surface area contributed by atoms with Crippen LogP contribution in [0.1, 0.15) is 11.1 Å². The number of phenolic OH excluding ortho intramolecular Hbond substituents is 1. The molecule has 21 nitrogen and oxygen atoms in total. The van der Waals surface area contributed by atoms with Gasteiger partial charge in [0.2, 0.25) is 0 Å². The molecule has 346 valence electrons. The van der Waals surface area contributed by atoms with Gasteiger partial charge in [0.25, 0.3) is 0 Å². The number of aryl methyl sites for hydroxylation is 2.